The number of aryl methyl sites for hydroxylation is 1. The third-order valence-electron chi connectivity index (χ3n) is 2.72. The summed E-state index contributed by atoms with van der Waals surface area (Å²) in [5, 5.41) is 0. The summed E-state index contributed by atoms with van der Waals surface area (Å²) in [7, 11) is 0. The number of amides is 1. The van der Waals surface area contributed by atoms with E-state index < -0.39 is 25.3 Å². The first-order valence-corrected chi connectivity index (χ1v) is 6.55. The zero-order valence-corrected chi connectivity index (χ0v) is 11.8. The molecule has 0 aliphatic carbocycles. The van der Waals surface area contributed by atoms with Crippen LogP contribution in [0.1, 0.15) is 12.0 Å². The molecule has 0 saturated heterocycles. The van der Waals surface area contributed by atoms with E-state index in [9.17, 15) is 18.0 Å². The number of halogens is 3. The van der Waals surface area contributed by atoms with Crippen molar-refractivity contribution in [2.75, 3.05) is 31.2 Å². The van der Waals surface area contributed by atoms with Crippen molar-refractivity contribution < 1.29 is 22.7 Å². The molecule has 0 saturated carbocycles. The van der Waals surface area contributed by atoms with Crippen LogP contribution in [-0.2, 0) is 9.53 Å². The fraction of sp³-hybridized carbons (Fsp3) is 0.500. The Balaban J connectivity index is 2.68. The molecule has 0 fully saturated rings. The summed E-state index contributed by atoms with van der Waals surface area (Å²) in [5.41, 5.74) is 7.06. The van der Waals surface area contributed by atoms with Crippen LogP contribution in [0.2, 0.25) is 0 Å². The van der Waals surface area contributed by atoms with Gasteiger partial charge < -0.3 is 15.4 Å². The van der Waals surface area contributed by atoms with Gasteiger partial charge in [0.15, 0.2) is 0 Å². The van der Waals surface area contributed by atoms with Crippen LogP contribution in [0.4, 0.5) is 18.9 Å². The Morgan fingerprint density at radius 2 is 1.90 bits per heavy atom. The molecule has 0 spiro atoms. The van der Waals surface area contributed by atoms with Crippen molar-refractivity contribution in [3.63, 3.8) is 0 Å². The average molecular weight is 304 g/mol. The number of benzene rings is 1. The van der Waals surface area contributed by atoms with Crippen LogP contribution in [0.5, 0.6) is 0 Å². The van der Waals surface area contributed by atoms with E-state index >= 15 is 0 Å². The van der Waals surface area contributed by atoms with Gasteiger partial charge in [-0.05, 0) is 32.0 Å². The number of rotatable bonds is 7. The quantitative estimate of drug-likeness (QED) is 0.840. The van der Waals surface area contributed by atoms with Crippen molar-refractivity contribution in [1.29, 1.82) is 0 Å². The van der Waals surface area contributed by atoms with Gasteiger partial charge in [-0.3, -0.25) is 4.79 Å². The molecule has 2 N–H and O–H groups in total. The molecule has 0 atom stereocenters. The number of nitrogens with zero attached hydrogens (tertiary/aromatic N) is 1. The van der Waals surface area contributed by atoms with Gasteiger partial charge in [-0.15, -0.1) is 0 Å². The molecule has 0 bridgehead atoms. The second kappa shape index (κ2) is 7.99. The lowest BCUT2D eigenvalue weighted by atomic mass is 10.2. The highest BCUT2D eigenvalue weighted by Gasteiger charge is 2.28. The Kier molecular flexibility index (Phi) is 6.64. The van der Waals surface area contributed by atoms with E-state index in [-0.39, 0.29) is 0 Å². The Labute approximate surface area is 121 Å². The highest BCUT2D eigenvalue weighted by atomic mass is 19.4. The molecule has 0 aromatic heterocycles. The molecule has 0 heterocycles. The van der Waals surface area contributed by atoms with Crippen molar-refractivity contribution in [3.05, 3.63) is 29.8 Å². The van der Waals surface area contributed by atoms with E-state index in [1.807, 2.05) is 19.1 Å². The van der Waals surface area contributed by atoms with Gasteiger partial charge >= 0.3 is 6.18 Å². The zero-order chi connectivity index (χ0) is 15.9. The Bertz CT molecular complexity index is 447. The summed E-state index contributed by atoms with van der Waals surface area (Å²) >= 11 is 0. The van der Waals surface area contributed by atoms with Gasteiger partial charge in [-0.25, -0.2) is 0 Å². The van der Waals surface area contributed by atoms with Crippen molar-refractivity contribution >= 4 is 11.6 Å². The van der Waals surface area contributed by atoms with Crippen LogP contribution in [0.25, 0.3) is 0 Å². The molecule has 4 nitrogen and oxygen atoms in total. The molecule has 1 aromatic carbocycles. The predicted octanol–water partition coefficient (Wildman–Crippen LogP) is 2.26. The monoisotopic (exact) mass is 304 g/mol. The molecule has 0 aliphatic rings. The van der Waals surface area contributed by atoms with E-state index in [0.717, 1.165) is 5.56 Å². The summed E-state index contributed by atoms with van der Waals surface area (Å²) in [6.07, 6.45) is -3.88. The van der Waals surface area contributed by atoms with Crippen LogP contribution >= 0.6 is 0 Å². The molecule has 21 heavy (non-hydrogen) atoms. The number of hydrogen-bond acceptors (Lipinski definition) is 3. The van der Waals surface area contributed by atoms with E-state index in [4.69, 9.17) is 5.73 Å². The fourth-order valence-electron chi connectivity index (χ4n) is 1.70. The minimum Gasteiger partial charge on any atom is -0.362 e. The van der Waals surface area contributed by atoms with Crippen LogP contribution in [0.15, 0.2) is 24.3 Å². The molecule has 0 unspecified atom stereocenters. The SMILES string of the molecule is Cc1ccc(N(CCCN)C(=O)COCC(F)(F)F)cc1. The molecule has 1 amide bonds. The first-order chi connectivity index (χ1) is 9.83. The normalized spacial score (nSPS) is 11.5. The predicted molar refractivity (Wildman–Crippen MR) is 74.1 cm³/mol. The summed E-state index contributed by atoms with van der Waals surface area (Å²) in [4.78, 5) is 13.4. The number of alkyl halides is 3. The third-order valence-corrected chi connectivity index (χ3v) is 2.72. The summed E-state index contributed by atoms with van der Waals surface area (Å²) in [5.74, 6) is -0.517. The van der Waals surface area contributed by atoms with Crippen molar-refractivity contribution in [1.82, 2.24) is 0 Å². The lowest BCUT2D eigenvalue weighted by molar-refractivity contribution is -0.175. The van der Waals surface area contributed by atoms with Crippen LogP contribution in [-0.4, -0.2) is 38.4 Å². The Hall–Kier alpha value is -1.60. The number of ether oxygens (including phenoxy) is 1. The standard InChI is InChI=1S/C14H19F3N2O2/c1-11-3-5-12(6-4-11)19(8-2-7-18)13(20)9-21-10-14(15,16)17/h3-6H,2,7-10,18H2,1H3. The summed E-state index contributed by atoms with van der Waals surface area (Å²) in [6, 6.07) is 7.14. The molecule has 0 radical (unpaired) electrons. The zero-order valence-electron chi connectivity index (χ0n) is 11.8. The number of nitrogens with two attached hydrogens (primary N) is 1. The van der Waals surface area contributed by atoms with Gasteiger partial charge in [0.2, 0.25) is 0 Å². The van der Waals surface area contributed by atoms with Gasteiger partial charge in [0.25, 0.3) is 5.91 Å². The molecular formula is C14H19F3N2O2. The topological polar surface area (TPSA) is 55.6 Å². The molecule has 1 rings (SSSR count). The van der Waals surface area contributed by atoms with Crippen molar-refractivity contribution in [2.45, 2.75) is 19.5 Å². The Morgan fingerprint density at radius 1 is 1.29 bits per heavy atom. The second-order valence-electron chi connectivity index (χ2n) is 4.63. The van der Waals surface area contributed by atoms with Gasteiger partial charge in [-0.2, -0.15) is 13.2 Å². The summed E-state index contributed by atoms with van der Waals surface area (Å²) < 4.78 is 40.5. The molecule has 7 heteroatoms. The molecular weight excluding hydrogens is 285 g/mol. The van der Waals surface area contributed by atoms with Gasteiger partial charge in [0.1, 0.15) is 13.2 Å². The maximum absolute atomic E-state index is 12.0. The highest BCUT2D eigenvalue weighted by molar-refractivity contribution is 5.94. The minimum atomic E-state index is -4.44. The molecule has 1 aromatic rings. The smallest absolute Gasteiger partial charge is 0.362 e. The lowest BCUT2D eigenvalue weighted by Crippen LogP contribution is -2.36. The fourth-order valence-corrected chi connectivity index (χ4v) is 1.70. The summed E-state index contributed by atoms with van der Waals surface area (Å²) in [6.45, 7) is 0.588. The van der Waals surface area contributed by atoms with E-state index in [1.165, 1.54) is 4.90 Å². The third kappa shape index (κ3) is 6.59. The van der Waals surface area contributed by atoms with Crippen LogP contribution < -0.4 is 10.6 Å². The van der Waals surface area contributed by atoms with Crippen LogP contribution in [0.3, 0.4) is 0 Å². The van der Waals surface area contributed by atoms with Crippen molar-refractivity contribution in [3.8, 4) is 0 Å². The van der Waals surface area contributed by atoms with Gasteiger partial charge in [0, 0.05) is 12.2 Å². The molecule has 0 aliphatic heterocycles. The van der Waals surface area contributed by atoms with E-state index in [1.54, 1.807) is 12.1 Å². The minimum absolute atomic E-state index is 0.341. The van der Waals surface area contributed by atoms with E-state index in [2.05, 4.69) is 4.74 Å². The Morgan fingerprint density at radius 3 is 2.43 bits per heavy atom. The van der Waals surface area contributed by atoms with Crippen LogP contribution in [0, 0.1) is 6.92 Å². The first kappa shape index (κ1) is 17.5. The van der Waals surface area contributed by atoms with E-state index in [0.29, 0.717) is 25.2 Å². The highest BCUT2D eigenvalue weighted by Crippen LogP contribution is 2.17. The first-order valence-electron chi connectivity index (χ1n) is 6.55. The molecule has 118 valence electrons. The van der Waals surface area contributed by atoms with Gasteiger partial charge in [-0.1, -0.05) is 17.7 Å². The lowest BCUT2D eigenvalue weighted by Gasteiger charge is -2.23. The maximum atomic E-state index is 12.0. The van der Waals surface area contributed by atoms with Crippen molar-refractivity contribution in [2.24, 2.45) is 5.73 Å². The average Bonchev–Trinajstić information content (AvgIpc) is 2.39. The van der Waals surface area contributed by atoms with Gasteiger partial charge in [0.05, 0.1) is 0 Å². The second-order valence-corrected chi connectivity index (χ2v) is 4.63. The number of hydrogen-bond donors (Lipinski definition) is 1. The number of carbonyl (C=O) groups is 1. The number of anilines is 1. The maximum Gasteiger partial charge on any atom is 0.411 e. The largest absolute Gasteiger partial charge is 0.411 e. The number of carbonyl (C=O) groups excluding carboxylic acids is 1.